The van der Waals surface area contributed by atoms with Crippen LogP contribution in [0.15, 0.2) is 42.5 Å². The zero-order valence-corrected chi connectivity index (χ0v) is 18.6. The average molecular weight is 481 g/mol. The van der Waals surface area contributed by atoms with E-state index in [0.717, 1.165) is 5.75 Å². The van der Waals surface area contributed by atoms with Gasteiger partial charge in [0.05, 0.1) is 16.8 Å². The molecule has 0 N–H and O–H groups in total. The maximum atomic E-state index is 12.5. The van der Waals surface area contributed by atoms with Crippen molar-refractivity contribution >= 4 is 32.6 Å². The highest BCUT2D eigenvalue weighted by atomic mass is 32.1. The molecule has 2 heterocycles. The quantitative estimate of drug-likeness (QED) is 0.501. The lowest BCUT2D eigenvalue weighted by Gasteiger charge is -2.34. The number of alkyl halides is 3. The molecule has 176 valence electrons. The first-order chi connectivity index (χ1) is 15.8. The molecule has 3 aromatic rings. The lowest BCUT2D eigenvalue weighted by molar-refractivity contribution is -0.274. The number of anilines is 1. The average Bonchev–Trinajstić information content (AvgIpc) is 3.21. The maximum Gasteiger partial charge on any atom is 0.573 e. The van der Waals surface area contributed by atoms with E-state index in [-0.39, 0.29) is 18.3 Å². The molecule has 0 radical (unpaired) electrons. The van der Waals surface area contributed by atoms with Crippen molar-refractivity contribution in [2.24, 2.45) is 0 Å². The molecule has 1 amide bonds. The molecule has 1 saturated heterocycles. The molecule has 0 atom stereocenters. The van der Waals surface area contributed by atoms with E-state index >= 15 is 0 Å². The van der Waals surface area contributed by atoms with Gasteiger partial charge in [-0.05, 0) is 43.3 Å². The van der Waals surface area contributed by atoms with Crippen LogP contribution in [0.5, 0.6) is 17.2 Å². The molecule has 7 nitrogen and oxygen atoms in total. The van der Waals surface area contributed by atoms with Gasteiger partial charge in [0.15, 0.2) is 11.7 Å². The molecule has 1 aliphatic rings. The summed E-state index contributed by atoms with van der Waals surface area (Å²) in [5.41, 5.74) is 0.604. The van der Waals surface area contributed by atoms with Crippen molar-refractivity contribution in [1.82, 2.24) is 9.88 Å². The Morgan fingerprint density at radius 1 is 1.00 bits per heavy atom. The molecule has 0 spiro atoms. The van der Waals surface area contributed by atoms with E-state index in [2.05, 4.69) is 9.72 Å². The summed E-state index contributed by atoms with van der Waals surface area (Å²) in [5, 5.41) is 0.701. The monoisotopic (exact) mass is 481 g/mol. The molecular formula is C22H22F3N3O4S. The highest BCUT2D eigenvalue weighted by Gasteiger charge is 2.31. The van der Waals surface area contributed by atoms with E-state index in [1.54, 1.807) is 29.2 Å². The number of carbonyl (C=O) groups excluding carboxylic acids is 1. The van der Waals surface area contributed by atoms with E-state index in [4.69, 9.17) is 9.47 Å². The van der Waals surface area contributed by atoms with Crippen LogP contribution in [0.3, 0.4) is 0 Å². The van der Waals surface area contributed by atoms with Gasteiger partial charge in [-0.2, -0.15) is 0 Å². The predicted octanol–water partition coefficient (Wildman–Crippen LogP) is 4.32. The molecule has 4 rings (SSSR count). The van der Waals surface area contributed by atoms with Crippen LogP contribution in [0.25, 0.3) is 10.2 Å². The van der Waals surface area contributed by atoms with Crippen molar-refractivity contribution < 1.29 is 32.2 Å². The van der Waals surface area contributed by atoms with Gasteiger partial charge in [-0.15, -0.1) is 13.2 Å². The maximum absolute atomic E-state index is 12.5. The third-order valence-corrected chi connectivity index (χ3v) is 6.06. The molecule has 1 aliphatic heterocycles. The standard InChI is InChI=1S/C22H22F3N3O4S/c1-2-30-15-3-5-16(6-4-15)31-14-20(29)27-9-11-28(12-10-27)21-26-18-8-7-17(13-19(18)33-21)32-22(23,24)25/h3-8,13H,2,9-12,14H2,1H3. The zero-order valence-electron chi connectivity index (χ0n) is 17.8. The Bertz CT molecular complexity index is 1100. The van der Waals surface area contributed by atoms with Gasteiger partial charge in [0.1, 0.15) is 17.2 Å². The second-order valence-electron chi connectivity index (χ2n) is 7.23. The molecule has 0 aliphatic carbocycles. The number of aromatic nitrogens is 1. The number of hydrogen-bond acceptors (Lipinski definition) is 7. The Labute approximate surface area is 192 Å². The topological polar surface area (TPSA) is 64.1 Å². The second-order valence-corrected chi connectivity index (χ2v) is 8.24. The molecular weight excluding hydrogens is 459 g/mol. The fourth-order valence-electron chi connectivity index (χ4n) is 3.41. The summed E-state index contributed by atoms with van der Waals surface area (Å²) in [6.07, 6.45) is -4.74. The van der Waals surface area contributed by atoms with Crippen LogP contribution >= 0.6 is 11.3 Å². The van der Waals surface area contributed by atoms with Gasteiger partial charge >= 0.3 is 6.36 Å². The summed E-state index contributed by atoms with van der Waals surface area (Å²) < 4.78 is 52.9. The van der Waals surface area contributed by atoms with E-state index < -0.39 is 6.36 Å². The summed E-state index contributed by atoms with van der Waals surface area (Å²) in [4.78, 5) is 20.8. The molecule has 0 saturated carbocycles. The van der Waals surface area contributed by atoms with Crippen LogP contribution in [0.4, 0.5) is 18.3 Å². The molecule has 1 fully saturated rings. The first kappa shape index (κ1) is 23.0. The first-order valence-corrected chi connectivity index (χ1v) is 11.2. The number of carbonyl (C=O) groups is 1. The molecule has 11 heteroatoms. The summed E-state index contributed by atoms with van der Waals surface area (Å²) in [6.45, 7) is 4.57. The van der Waals surface area contributed by atoms with Gasteiger partial charge in [-0.25, -0.2) is 4.98 Å². The number of amides is 1. The van der Waals surface area contributed by atoms with Crippen molar-refractivity contribution in [3.63, 3.8) is 0 Å². The van der Waals surface area contributed by atoms with Crippen LogP contribution in [-0.4, -0.2) is 61.5 Å². The highest BCUT2D eigenvalue weighted by Crippen LogP contribution is 2.33. The Hall–Kier alpha value is -3.21. The normalized spacial score (nSPS) is 14.4. The number of nitrogens with zero attached hydrogens (tertiary/aromatic N) is 3. The zero-order chi connectivity index (χ0) is 23.4. The number of ether oxygens (including phenoxy) is 3. The fraction of sp³-hybridized carbons (Fsp3) is 0.364. The third kappa shape index (κ3) is 5.98. The van der Waals surface area contributed by atoms with E-state index in [9.17, 15) is 18.0 Å². The van der Waals surface area contributed by atoms with Gasteiger partial charge < -0.3 is 24.0 Å². The van der Waals surface area contributed by atoms with Gasteiger partial charge in [-0.1, -0.05) is 11.3 Å². The van der Waals surface area contributed by atoms with Crippen molar-refractivity contribution in [2.45, 2.75) is 13.3 Å². The number of halogens is 3. The number of benzene rings is 2. The first-order valence-electron chi connectivity index (χ1n) is 10.4. The number of piperazine rings is 1. The summed E-state index contributed by atoms with van der Waals surface area (Å²) >= 11 is 1.29. The highest BCUT2D eigenvalue weighted by molar-refractivity contribution is 7.22. The smallest absolute Gasteiger partial charge is 0.494 e. The Morgan fingerprint density at radius 2 is 1.64 bits per heavy atom. The van der Waals surface area contributed by atoms with Crippen LogP contribution in [0.1, 0.15) is 6.92 Å². The third-order valence-electron chi connectivity index (χ3n) is 4.98. The van der Waals surface area contributed by atoms with E-state index in [1.807, 2.05) is 11.8 Å². The minimum absolute atomic E-state index is 0.0584. The summed E-state index contributed by atoms with van der Waals surface area (Å²) in [7, 11) is 0. The number of thiazole rings is 1. The number of rotatable bonds is 7. The largest absolute Gasteiger partial charge is 0.573 e. The van der Waals surface area contributed by atoms with Crippen LogP contribution < -0.4 is 19.1 Å². The molecule has 1 aromatic heterocycles. The van der Waals surface area contributed by atoms with Crippen molar-refractivity contribution in [2.75, 3.05) is 44.3 Å². The molecule has 0 bridgehead atoms. The van der Waals surface area contributed by atoms with E-state index in [0.29, 0.717) is 53.9 Å². The SMILES string of the molecule is CCOc1ccc(OCC(=O)N2CCN(c3nc4ccc(OC(F)(F)F)cc4s3)CC2)cc1. The lowest BCUT2D eigenvalue weighted by Crippen LogP contribution is -2.50. The summed E-state index contributed by atoms with van der Waals surface area (Å²) in [6, 6.07) is 11.2. The molecule has 33 heavy (non-hydrogen) atoms. The minimum atomic E-state index is -4.74. The Kier molecular flexibility index (Phi) is 6.77. The number of fused-ring (bicyclic) bond motifs is 1. The van der Waals surface area contributed by atoms with Gasteiger partial charge in [-0.3, -0.25) is 4.79 Å². The number of hydrogen-bond donors (Lipinski definition) is 0. The van der Waals surface area contributed by atoms with Crippen molar-refractivity contribution in [3.8, 4) is 17.2 Å². The Morgan fingerprint density at radius 3 is 2.27 bits per heavy atom. The van der Waals surface area contributed by atoms with Crippen LogP contribution in [0, 0.1) is 0 Å². The van der Waals surface area contributed by atoms with Gasteiger partial charge in [0.25, 0.3) is 5.91 Å². The lowest BCUT2D eigenvalue weighted by atomic mass is 10.3. The second kappa shape index (κ2) is 9.74. The van der Waals surface area contributed by atoms with Crippen molar-refractivity contribution in [3.05, 3.63) is 42.5 Å². The van der Waals surface area contributed by atoms with E-state index in [1.165, 1.54) is 29.5 Å². The predicted molar refractivity (Wildman–Crippen MR) is 118 cm³/mol. The fourth-order valence-corrected chi connectivity index (χ4v) is 4.45. The summed E-state index contributed by atoms with van der Waals surface area (Å²) in [5.74, 6) is 0.954. The van der Waals surface area contributed by atoms with Crippen molar-refractivity contribution in [1.29, 1.82) is 0 Å². The minimum Gasteiger partial charge on any atom is -0.494 e. The Balaban J connectivity index is 1.29. The van der Waals surface area contributed by atoms with Crippen LogP contribution in [-0.2, 0) is 4.79 Å². The van der Waals surface area contributed by atoms with Gasteiger partial charge in [0, 0.05) is 32.2 Å². The van der Waals surface area contributed by atoms with Gasteiger partial charge in [0.2, 0.25) is 0 Å². The molecule has 2 aromatic carbocycles. The van der Waals surface area contributed by atoms with Crippen LogP contribution in [0.2, 0.25) is 0 Å². The molecule has 0 unspecified atom stereocenters.